The average molecular weight is 371 g/mol. The molecule has 0 heterocycles. The molecule has 0 saturated carbocycles. The summed E-state index contributed by atoms with van der Waals surface area (Å²) in [6, 6.07) is 12.1. The number of methoxy groups -OCH3 is 1. The summed E-state index contributed by atoms with van der Waals surface area (Å²) >= 11 is 0. The number of ether oxygens (including phenoxy) is 2. The first kappa shape index (κ1) is 20.2. The highest BCUT2D eigenvalue weighted by Crippen LogP contribution is 2.18. The van der Waals surface area contributed by atoms with E-state index < -0.39 is 11.8 Å². The number of benzene rings is 2. The van der Waals surface area contributed by atoms with Crippen molar-refractivity contribution >= 4 is 18.0 Å². The third-order valence-electron chi connectivity index (χ3n) is 3.89. The minimum atomic E-state index is -0.677. The second-order valence-corrected chi connectivity index (χ2v) is 6.07. The lowest BCUT2D eigenvalue weighted by atomic mass is 10.1. The van der Waals surface area contributed by atoms with Crippen LogP contribution in [0.5, 0.6) is 5.75 Å². The van der Waals surface area contributed by atoms with Gasteiger partial charge in [-0.15, -0.1) is 0 Å². The Hall–Kier alpha value is -3.15. The fourth-order valence-corrected chi connectivity index (χ4v) is 2.30. The Bertz CT molecular complexity index is 831. The smallest absolute Gasteiger partial charge is 0.331 e. The molecule has 0 N–H and O–H groups in total. The molecule has 1 amide bonds. The van der Waals surface area contributed by atoms with Crippen LogP contribution in [0.15, 0.2) is 48.5 Å². The second-order valence-electron chi connectivity index (χ2n) is 6.07. The molecule has 0 fully saturated rings. The number of nitrogens with zero attached hydrogens (tertiary/aromatic N) is 1. The third kappa shape index (κ3) is 6.26. The van der Waals surface area contributed by atoms with Crippen LogP contribution in [0.25, 0.3) is 6.08 Å². The second kappa shape index (κ2) is 9.52. The number of hydrogen-bond acceptors (Lipinski definition) is 4. The number of rotatable bonds is 7. The molecule has 0 atom stereocenters. The van der Waals surface area contributed by atoms with E-state index in [4.69, 9.17) is 9.47 Å². The van der Waals surface area contributed by atoms with Gasteiger partial charge in [0.1, 0.15) is 0 Å². The highest BCUT2D eigenvalue weighted by molar-refractivity contribution is 5.89. The Morgan fingerprint density at radius 2 is 1.85 bits per heavy atom. The molecule has 0 aliphatic carbocycles. The standard InChI is InChI=1S/C21H22FNO4/c1-15-4-6-17(7-5-15)13-23(2)20(24)14-27-21(25)11-9-16-8-10-19(26-3)18(22)12-16/h4-12H,13-14H2,1-3H3/b11-9+. The molecule has 0 spiro atoms. The van der Waals surface area contributed by atoms with Gasteiger partial charge >= 0.3 is 5.97 Å². The van der Waals surface area contributed by atoms with E-state index in [0.29, 0.717) is 12.1 Å². The number of halogens is 1. The summed E-state index contributed by atoms with van der Waals surface area (Å²) in [5, 5.41) is 0. The van der Waals surface area contributed by atoms with Gasteiger partial charge in [0.15, 0.2) is 18.2 Å². The van der Waals surface area contributed by atoms with E-state index in [1.807, 2.05) is 31.2 Å². The number of amides is 1. The monoisotopic (exact) mass is 371 g/mol. The number of carbonyl (C=O) groups excluding carboxylic acids is 2. The van der Waals surface area contributed by atoms with Gasteiger partial charge < -0.3 is 14.4 Å². The number of carbonyl (C=O) groups is 2. The molecule has 0 radical (unpaired) electrons. The molecule has 0 aliphatic rings. The van der Waals surface area contributed by atoms with Gasteiger partial charge in [-0.2, -0.15) is 0 Å². The summed E-state index contributed by atoms with van der Waals surface area (Å²) in [6.07, 6.45) is 2.56. The molecule has 0 aromatic heterocycles. The lowest BCUT2D eigenvalue weighted by Gasteiger charge is -2.17. The highest BCUT2D eigenvalue weighted by atomic mass is 19.1. The summed E-state index contributed by atoms with van der Waals surface area (Å²) in [6.45, 7) is 2.06. The molecule has 27 heavy (non-hydrogen) atoms. The molecule has 0 bridgehead atoms. The van der Waals surface area contributed by atoms with Crippen molar-refractivity contribution in [3.63, 3.8) is 0 Å². The van der Waals surface area contributed by atoms with Crippen LogP contribution >= 0.6 is 0 Å². The number of aryl methyl sites for hydroxylation is 1. The molecule has 0 saturated heterocycles. The SMILES string of the molecule is COc1ccc(/C=C/C(=O)OCC(=O)N(C)Cc2ccc(C)cc2)cc1F. The Kier molecular flexibility index (Phi) is 7.11. The maximum absolute atomic E-state index is 13.6. The van der Waals surface area contributed by atoms with Crippen molar-refractivity contribution in [2.75, 3.05) is 20.8 Å². The Labute approximate surface area is 158 Å². The summed E-state index contributed by atoms with van der Waals surface area (Å²) in [7, 11) is 3.02. The number of esters is 1. The normalized spacial score (nSPS) is 10.7. The van der Waals surface area contributed by atoms with Crippen LogP contribution in [0.3, 0.4) is 0 Å². The average Bonchev–Trinajstić information content (AvgIpc) is 2.66. The summed E-state index contributed by atoms with van der Waals surface area (Å²) in [4.78, 5) is 25.3. The van der Waals surface area contributed by atoms with Gasteiger partial charge in [0.25, 0.3) is 5.91 Å². The van der Waals surface area contributed by atoms with Gasteiger partial charge in [0.2, 0.25) is 0 Å². The molecule has 2 rings (SSSR count). The molecule has 2 aromatic rings. The Morgan fingerprint density at radius 3 is 2.48 bits per heavy atom. The van der Waals surface area contributed by atoms with Gasteiger partial charge in [-0.1, -0.05) is 35.9 Å². The summed E-state index contributed by atoms with van der Waals surface area (Å²) in [5.41, 5.74) is 2.61. The first-order valence-corrected chi connectivity index (χ1v) is 8.37. The first-order valence-electron chi connectivity index (χ1n) is 8.37. The van der Waals surface area contributed by atoms with Gasteiger partial charge in [0, 0.05) is 19.7 Å². The molecular weight excluding hydrogens is 349 g/mol. The van der Waals surface area contributed by atoms with Crippen LogP contribution in [-0.4, -0.2) is 37.5 Å². The maximum Gasteiger partial charge on any atom is 0.331 e. The van der Waals surface area contributed by atoms with Crippen LogP contribution < -0.4 is 4.74 Å². The molecule has 5 nitrogen and oxygen atoms in total. The molecular formula is C21H22FNO4. The van der Waals surface area contributed by atoms with E-state index in [1.54, 1.807) is 13.1 Å². The van der Waals surface area contributed by atoms with E-state index in [9.17, 15) is 14.0 Å². The van der Waals surface area contributed by atoms with Crippen molar-refractivity contribution in [2.24, 2.45) is 0 Å². The fourth-order valence-electron chi connectivity index (χ4n) is 2.30. The fraction of sp³-hybridized carbons (Fsp3) is 0.238. The Morgan fingerprint density at radius 1 is 1.15 bits per heavy atom. The molecule has 0 aliphatic heterocycles. The maximum atomic E-state index is 13.6. The zero-order valence-electron chi connectivity index (χ0n) is 15.6. The quantitative estimate of drug-likeness (QED) is 0.553. The zero-order chi connectivity index (χ0) is 19.8. The van der Waals surface area contributed by atoms with Crippen LogP contribution in [0.1, 0.15) is 16.7 Å². The van der Waals surface area contributed by atoms with Crippen molar-refractivity contribution in [1.29, 1.82) is 0 Å². The summed E-state index contributed by atoms with van der Waals surface area (Å²) in [5.74, 6) is -1.39. The number of hydrogen-bond donors (Lipinski definition) is 0. The van der Waals surface area contributed by atoms with Crippen LogP contribution in [0.4, 0.5) is 4.39 Å². The van der Waals surface area contributed by atoms with E-state index in [0.717, 1.165) is 17.2 Å². The molecule has 2 aromatic carbocycles. The van der Waals surface area contributed by atoms with Crippen LogP contribution in [-0.2, 0) is 20.9 Å². The first-order chi connectivity index (χ1) is 12.9. The largest absolute Gasteiger partial charge is 0.494 e. The van der Waals surface area contributed by atoms with Crippen LogP contribution in [0.2, 0.25) is 0 Å². The van der Waals surface area contributed by atoms with Gasteiger partial charge in [-0.3, -0.25) is 4.79 Å². The van der Waals surface area contributed by atoms with Crippen molar-refractivity contribution in [3.05, 3.63) is 71.0 Å². The molecule has 0 unspecified atom stereocenters. The Balaban J connectivity index is 1.82. The van der Waals surface area contributed by atoms with Gasteiger partial charge in [0.05, 0.1) is 7.11 Å². The predicted octanol–water partition coefficient (Wildman–Crippen LogP) is 3.36. The van der Waals surface area contributed by atoms with Crippen molar-refractivity contribution < 1.29 is 23.5 Å². The minimum Gasteiger partial charge on any atom is -0.494 e. The lowest BCUT2D eigenvalue weighted by Crippen LogP contribution is -2.30. The predicted molar refractivity (Wildman–Crippen MR) is 101 cm³/mol. The van der Waals surface area contributed by atoms with E-state index in [1.165, 1.54) is 30.2 Å². The van der Waals surface area contributed by atoms with Crippen molar-refractivity contribution in [2.45, 2.75) is 13.5 Å². The van der Waals surface area contributed by atoms with Gasteiger partial charge in [-0.25, -0.2) is 9.18 Å². The lowest BCUT2D eigenvalue weighted by molar-refractivity contribution is -0.147. The van der Waals surface area contributed by atoms with Crippen molar-refractivity contribution in [3.8, 4) is 5.75 Å². The highest BCUT2D eigenvalue weighted by Gasteiger charge is 2.11. The van der Waals surface area contributed by atoms with Crippen molar-refractivity contribution in [1.82, 2.24) is 4.90 Å². The topological polar surface area (TPSA) is 55.8 Å². The third-order valence-corrected chi connectivity index (χ3v) is 3.89. The minimum absolute atomic E-state index is 0.122. The summed E-state index contributed by atoms with van der Waals surface area (Å²) < 4.78 is 23.4. The molecule has 6 heteroatoms. The van der Waals surface area contributed by atoms with E-state index in [-0.39, 0.29) is 18.3 Å². The molecule has 142 valence electrons. The van der Waals surface area contributed by atoms with E-state index in [2.05, 4.69) is 0 Å². The van der Waals surface area contributed by atoms with E-state index >= 15 is 0 Å². The zero-order valence-corrected chi connectivity index (χ0v) is 15.6. The van der Waals surface area contributed by atoms with Gasteiger partial charge in [-0.05, 0) is 36.3 Å². The number of likely N-dealkylation sites (N-methyl/N-ethyl adjacent to an activating group) is 1. The van der Waals surface area contributed by atoms with Crippen LogP contribution in [0, 0.1) is 12.7 Å².